The smallest absolute Gasteiger partial charge is 0.267 e. The number of benzene rings is 2. The minimum absolute atomic E-state index is 0.00358. The number of sulfonamides is 1. The van der Waals surface area contributed by atoms with Crippen molar-refractivity contribution in [3.05, 3.63) is 59.4 Å². The highest BCUT2D eigenvalue weighted by Crippen LogP contribution is 2.25. The van der Waals surface area contributed by atoms with Crippen molar-refractivity contribution in [2.24, 2.45) is 5.84 Å². The highest BCUT2D eigenvalue weighted by atomic mass is 32.2. The average Bonchev–Trinajstić information content (AvgIpc) is 2.53. The molecule has 0 fully saturated rings. The molecule has 0 aromatic heterocycles. The molecule has 0 heterocycles. The van der Waals surface area contributed by atoms with E-state index in [0.717, 1.165) is 23.8 Å². The predicted molar refractivity (Wildman–Crippen MR) is 94.0 cm³/mol. The number of amides is 1. The molecule has 0 aliphatic carbocycles. The van der Waals surface area contributed by atoms with Gasteiger partial charge in [-0.2, -0.15) is 0 Å². The molecule has 0 atom stereocenters. The Morgan fingerprint density at radius 1 is 1.08 bits per heavy atom. The summed E-state index contributed by atoms with van der Waals surface area (Å²) in [4.78, 5) is 11.7. The minimum atomic E-state index is -3.99. The zero-order chi connectivity index (χ0) is 18.8. The van der Waals surface area contributed by atoms with Crippen molar-refractivity contribution in [1.29, 1.82) is 0 Å². The zero-order valence-electron chi connectivity index (χ0n) is 14.1. The van der Waals surface area contributed by atoms with Gasteiger partial charge in [-0.3, -0.25) is 14.9 Å². The molecule has 2 aromatic rings. The Kier molecular flexibility index (Phi) is 5.15. The Morgan fingerprint density at radius 3 is 2.20 bits per heavy atom. The Hall–Kier alpha value is -2.45. The molecule has 4 N–H and O–H groups in total. The number of hydrazine groups is 1. The van der Waals surface area contributed by atoms with Crippen LogP contribution >= 0.6 is 0 Å². The van der Waals surface area contributed by atoms with Gasteiger partial charge in [0.15, 0.2) is 0 Å². The van der Waals surface area contributed by atoms with Crippen molar-refractivity contribution in [2.45, 2.75) is 31.1 Å². The summed E-state index contributed by atoms with van der Waals surface area (Å²) in [7, 11) is -3.99. The number of halogens is 1. The van der Waals surface area contributed by atoms with Crippen molar-refractivity contribution >= 4 is 21.6 Å². The molecule has 0 bridgehead atoms. The Bertz CT molecular complexity index is 888. The summed E-state index contributed by atoms with van der Waals surface area (Å²) in [6, 6.07) is 9.47. The van der Waals surface area contributed by atoms with Crippen molar-refractivity contribution in [1.82, 2.24) is 5.43 Å². The molecular weight excluding hydrogens is 345 g/mol. The van der Waals surface area contributed by atoms with Crippen LogP contribution in [0.15, 0.2) is 47.4 Å². The third-order valence-corrected chi connectivity index (χ3v) is 5.01. The molecule has 2 rings (SSSR count). The van der Waals surface area contributed by atoms with Crippen LogP contribution in [0.1, 0.15) is 36.7 Å². The third-order valence-electron chi connectivity index (χ3n) is 3.63. The molecule has 0 saturated carbocycles. The first kappa shape index (κ1) is 18.9. The maximum absolute atomic E-state index is 13.5. The van der Waals surface area contributed by atoms with Crippen molar-refractivity contribution < 1.29 is 17.6 Å². The Balaban J connectivity index is 2.39. The summed E-state index contributed by atoms with van der Waals surface area (Å²) in [6.45, 7) is 6.04. The van der Waals surface area contributed by atoms with Gasteiger partial charge < -0.3 is 0 Å². The normalized spacial score (nSPS) is 11.9. The SMILES string of the molecule is CC(C)(C)c1ccc(S(=O)(=O)Nc2cc(F)ccc2C(=O)NN)cc1. The van der Waals surface area contributed by atoms with E-state index in [1.165, 1.54) is 12.1 Å². The lowest BCUT2D eigenvalue weighted by atomic mass is 9.87. The second-order valence-corrected chi connectivity index (χ2v) is 8.23. The summed E-state index contributed by atoms with van der Waals surface area (Å²) in [5.74, 6) is 3.65. The summed E-state index contributed by atoms with van der Waals surface area (Å²) in [5.41, 5.74) is 2.47. The van der Waals surface area contributed by atoms with Gasteiger partial charge in [0.25, 0.3) is 15.9 Å². The van der Waals surface area contributed by atoms with Gasteiger partial charge in [0.05, 0.1) is 16.1 Å². The molecule has 6 nitrogen and oxygen atoms in total. The van der Waals surface area contributed by atoms with Crippen molar-refractivity contribution in [2.75, 3.05) is 4.72 Å². The van der Waals surface area contributed by atoms with E-state index in [0.29, 0.717) is 0 Å². The van der Waals surface area contributed by atoms with Gasteiger partial charge in [0.2, 0.25) is 0 Å². The van der Waals surface area contributed by atoms with E-state index >= 15 is 0 Å². The molecule has 0 spiro atoms. The van der Waals surface area contributed by atoms with Crippen LogP contribution in [-0.4, -0.2) is 14.3 Å². The van der Waals surface area contributed by atoms with Crippen LogP contribution < -0.4 is 16.0 Å². The quantitative estimate of drug-likeness (QED) is 0.440. The van der Waals surface area contributed by atoms with E-state index in [9.17, 15) is 17.6 Å². The first-order valence-electron chi connectivity index (χ1n) is 7.48. The van der Waals surface area contributed by atoms with Gasteiger partial charge in [0.1, 0.15) is 5.82 Å². The second-order valence-electron chi connectivity index (χ2n) is 6.54. The number of nitrogens with two attached hydrogens (primary N) is 1. The maximum Gasteiger partial charge on any atom is 0.267 e. The summed E-state index contributed by atoms with van der Waals surface area (Å²) >= 11 is 0. The van der Waals surface area contributed by atoms with Crippen LogP contribution in [0.5, 0.6) is 0 Å². The first-order valence-corrected chi connectivity index (χ1v) is 8.97. The van der Waals surface area contributed by atoms with E-state index in [-0.39, 0.29) is 21.6 Å². The van der Waals surface area contributed by atoms with Gasteiger partial charge in [-0.1, -0.05) is 32.9 Å². The molecule has 0 radical (unpaired) electrons. The molecule has 2 aromatic carbocycles. The number of carbonyl (C=O) groups is 1. The van der Waals surface area contributed by atoms with Gasteiger partial charge in [-0.25, -0.2) is 18.7 Å². The van der Waals surface area contributed by atoms with Crippen LogP contribution in [0.25, 0.3) is 0 Å². The molecule has 0 aliphatic rings. The van der Waals surface area contributed by atoms with E-state index in [4.69, 9.17) is 5.84 Å². The van der Waals surface area contributed by atoms with Crippen molar-refractivity contribution in [3.8, 4) is 0 Å². The molecule has 25 heavy (non-hydrogen) atoms. The monoisotopic (exact) mass is 365 g/mol. The van der Waals surface area contributed by atoms with E-state index < -0.39 is 21.7 Å². The van der Waals surface area contributed by atoms with E-state index in [1.807, 2.05) is 26.2 Å². The van der Waals surface area contributed by atoms with Crippen LogP contribution in [-0.2, 0) is 15.4 Å². The summed E-state index contributed by atoms with van der Waals surface area (Å²) < 4.78 is 40.8. The Morgan fingerprint density at radius 2 is 1.68 bits per heavy atom. The Labute approximate surface area is 146 Å². The average molecular weight is 365 g/mol. The molecular formula is C17H20FN3O3S. The fourth-order valence-corrected chi connectivity index (χ4v) is 3.29. The lowest BCUT2D eigenvalue weighted by molar-refractivity contribution is 0.0954. The van der Waals surface area contributed by atoms with E-state index in [2.05, 4.69) is 4.72 Å². The highest BCUT2D eigenvalue weighted by Gasteiger charge is 2.20. The van der Waals surface area contributed by atoms with Crippen LogP contribution in [0.2, 0.25) is 0 Å². The number of nitrogen functional groups attached to an aromatic ring is 1. The first-order chi connectivity index (χ1) is 11.5. The van der Waals surface area contributed by atoms with Gasteiger partial charge in [-0.05, 0) is 41.3 Å². The topological polar surface area (TPSA) is 101 Å². The number of anilines is 1. The standard InChI is InChI=1S/C17H20FN3O3S/c1-17(2,3)11-4-7-13(8-5-11)25(23,24)21-15-10-12(18)6-9-14(15)16(22)20-19/h4-10,21H,19H2,1-3H3,(H,20,22). The van der Waals surface area contributed by atoms with Crippen LogP contribution in [0.4, 0.5) is 10.1 Å². The number of hydrogen-bond acceptors (Lipinski definition) is 4. The lowest BCUT2D eigenvalue weighted by Gasteiger charge is -2.19. The van der Waals surface area contributed by atoms with Crippen LogP contribution in [0.3, 0.4) is 0 Å². The molecule has 0 unspecified atom stereocenters. The summed E-state index contributed by atoms with van der Waals surface area (Å²) in [5, 5.41) is 0. The molecule has 8 heteroatoms. The number of nitrogens with one attached hydrogen (secondary N) is 2. The largest absolute Gasteiger partial charge is 0.290 e. The molecule has 0 saturated heterocycles. The number of carbonyl (C=O) groups excluding carboxylic acids is 1. The lowest BCUT2D eigenvalue weighted by Crippen LogP contribution is -2.31. The summed E-state index contributed by atoms with van der Waals surface area (Å²) in [6.07, 6.45) is 0. The van der Waals surface area contributed by atoms with Crippen molar-refractivity contribution in [3.63, 3.8) is 0 Å². The zero-order valence-corrected chi connectivity index (χ0v) is 14.9. The van der Waals surface area contributed by atoms with Gasteiger partial charge >= 0.3 is 0 Å². The van der Waals surface area contributed by atoms with Gasteiger partial charge in [0, 0.05) is 0 Å². The highest BCUT2D eigenvalue weighted by molar-refractivity contribution is 7.92. The van der Waals surface area contributed by atoms with Crippen LogP contribution in [0, 0.1) is 5.82 Å². The van der Waals surface area contributed by atoms with E-state index in [1.54, 1.807) is 12.1 Å². The van der Waals surface area contributed by atoms with Gasteiger partial charge in [-0.15, -0.1) is 0 Å². The maximum atomic E-state index is 13.5. The third kappa shape index (κ3) is 4.34. The minimum Gasteiger partial charge on any atom is -0.290 e. The number of hydrogen-bond donors (Lipinski definition) is 3. The number of rotatable bonds is 4. The molecule has 1 amide bonds. The second kappa shape index (κ2) is 6.81. The molecule has 134 valence electrons. The fourth-order valence-electron chi connectivity index (χ4n) is 2.21. The fraction of sp³-hybridized carbons (Fsp3) is 0.235. The molecule has 0 aliphatic heterocycles. The predicted octanol–water partition coefficient (Wildman–Crippen LogP) is 2.53.